The highest BCUT2D eigenvalue weighted by Gasteiger charge is 2.21. The van der Waals surface area contributed by atoms with E-state index in [0.29, 0.717) is 6.61 Å². The number of hydrogen-bond acceptors (Lipinski definition) is 7. The molecule has 1 heterocycles. The van der Waals surface area contributed by atoms with E-state index in [0.717, 1.165) is 24.3 Å². The zero-order valence-electron chi connectivity index (χ0n) is 11.5. The number of fused-ring (bicyclic) bond motifs is 1. The highest BCUT2D eigenvalue weighted by atomic mass is 16.7. The van der Waals surface area contributed by atoms with Crippen LogP contribution in [0.15, 0.2) is 41.3 Å². The van der Waals surface area contributed by atoms with Crippen molar-refractivity contribution in [2.45, 2.75) is 6.61 Å². The summed E-state index contributed by atoms with van der Waals surface area (Å²) in [7, 11) is 2.33. The van der Waals surface area contributed by atoms with Crippen LogP contribution in [0.5, 0.6) is 0 Å². The largest absolute Gasteiger partial charge is 0.470 e. The number of esters is 2. The maximum Gasteiger partial charge on any atom is 0.377 e. The average Bonchev–Trinajstić information content (AvgIpc) is 2.93. The molecule has 0 saturated heterocycles. The molecule has 7 nitrogen and oxygen atoms in total. The van der Waals surface area contributed by atoms with Gasteiger partial charge in [0.05, 0.1) is 20.3 Å². The molecule has 110 valence electrons. The Labute approximate surface area is 120 Å². The summed E-state index contributed by atoms with van der Waals surface area (Å²) in [4.78, 5) is 27.6. The topological polar surface area (TPSA) is 83.4 Å². The summed E-state index contributed by atoms with van der Waals surface area (Å²) in [6.45, 7) is 0.368. The van der Waals surface area contributed by atoms with E-state index in [9.17, 15) is 9.59 Å². The van der Waals surface area contributed by atoms with Crippen molar-refractivity contribution in [3.05, 3.63) is 47.2 Å². The molecule has 21 heavy (non-hydrogen) atoms. The van der Waals surface area contributed by atoms with E-state index in [1.165, 1.54) is 7.11 Å². The highest BCUT2D eigenvalue weighted by molar-refractivity contribution is 5.98. The van der Waals surface area contributed by atoms with Crippen LogP contribution in [0.4, 0.5) is 0 Å². The molecular weight excluding hydrogens is 278 g/mol. The fraction of sp³-hybridized carbons (Fsp3) is 0.214. The molecule has 0 saturated carbocycles. The average molecular weight is 291 g/mol. The van der Waals surface area contributed by atoms with Crippen molar-refractivity contribution in [2.75, 3.05) is 14.2 Å². The van der Waals surface area contributed by atoms with Gasteiger partial charge in [-0.25, -0.2) is 9.59 Å². The summed E-state index contributed by atoms with van der Waals surface area (Å²) < 4.78 is 14.3. The molecule has 0 spiro atoms. The molecular formula is C14H13NO6. The van der Waals surface area contributed by atoms with Crippen LogP contribution in [0.1, 0.15) is 11.1 Å². The van der Waals surface area contributed by atoms with Crippen LogP contribution in [0, 0.1) is 0 Å². The van der Waals surface area contributed by atoms with E-state index in [-0.39, 0.29) is 5.90 Å². The molecule has 0 amide bonds. The first-order valence-electron chi connectivity index (χ1n) is 5.99. The van der Waals surface area contributed by atoms with E-state index in [1.807, 2.05) is 24.3 Å². The quantitative estimate of drug-likeness (QED) is 0.358. The fourth-order valence-electron chi connectivity index (χ4n) is 1.63. The smallest absolute Gasteiger partial charge is 0.377 e. The number of benzene rings is 1. The molecule has 0 N–H and O–H groups in total. The van der Waals surface area contributed by atoms with Crippen LogP contribution in [0.3, 0.4) is 0 Å². The number of carbonyl (C=O) groups excluding carboxylic acids is 2. The van der Waals surface area contributed by atoms with Crippen LogP contribution in [0.2, 0.25) is 0 Å². The highest BCUT2D eigenvalue weighted by Crippen LogP contribution is 2.20. The van der Waals surface area contributed by atoms with Crippen molar-refractivity contribution in [3.63, 3.8) is 0 Å². The molecule has 0 bridgehead atoms. The third-order valence-corrected chi connectivity index (χ3v) is 2.68. The molecule has 0 aliphatic carbocycles. The third kappa shape index (κ3) is 3.38. The molecule has 0 radical (unpaired) electrons. The van der Waals surface area contributed by atoms with Crippen LogP contribution in [0.25, 0.3) is 0 Å². The monoisotopic (exact) mass is 291 g/mol. The van der Waals surface area contributed by atoms with E-state index in [1.54, 1.807) is 0 Å². The lowest BCUT2D eigenvalue weighted by molar-refractivity contribution is -0.142. The number of methoxy groups -OCH3 is 2. The molecule has 7 heteroatoms. The maximum atomic E-state index is 11.5. The minimum Gasteiger partial charge on any atom is -0.470 e. The van der Waals surface area contributed by atoms with E-state index in [4.69, 9.17) is 9.57 Å². The zero-order valence-corrected chi connectivity index (χ0v) is 11.5. The van der Waals surface area contributed by atoms with Gasteiger partial charge in [-0.2, -0.15) is 0 Å². The van der Waals surface area contributed by atoms with Gasteiger partial charge in [0.2, 0.25) is 5.76 Å². The van der Waals surface area contributed by atoms with Gasteiger partial charge in [-0.15, -0.1) is 0 Å². The van der Waals surface area contributed by atoms with Gasteiger partial charge in [-0.05, 0) is 11.2 Å². The van der Waals surface area contributed by atoms with Gasteiger partial charge in [0.1, 0.15) is 6.61 Å². The number of carbonyl (C=O) groups is 2. The number of oxime groups is 1. The maximum absolute atomic E-state index is 11.5. The second kappa shape index (κ2) is 6.56. The van der Waals surface area contributed by atoms with Gasteiger partial charge in [-0.3, -0.25) is 0 Å². The molecule has 0 aromatic heterocycles. The zero-order chi connectivity index (χ0) is 15.2. The molecule has 1 aliphatic heterocycles. The Morgan fingerprint density at radius 1 is 1.24 bits per heavy atom. The summed E-state index contributed by atoms with van der Waals surface area (Å²) in [5.74, 6) is -1.78. The Kier molecular flexibility index (Phi) is 4.55. The first-order chi connectivity index (χ1) is 10.2. The second-order valence-electron chi connectivity index (χ2n) is 3.96. The lowest BCUT2D eigenvalue weighted by Crippen LogP contribution is -2.10. The Bertz CT molecular complexity index is 620. The van der Waals surface area contributed by atoms with E-state index in [2.05, 4.69) is 14.6 Å². The SMILES string of the molecule is COC(=O)/C=C(\O/N=C1\OCc2ccccc21)C(=O)OC. The summed E-state index contributed by atoms with van der Waals surface area (Å²) >= 11 is 0. The van der Waals surface area contributed by atoms with Gasteiger partial charge < -0.3 is 19.0 Å². The molecule has 1 aliphatic rings. The molecule has 0 fully saturated rings. The van der Waals surface area contributed by atoms with Crippen LogP contribution in [-0.4, -0.2) is 32.1 Å². The van der Waals surface area contributed by atoms with E-state index < -0.39 is 17.7 Å². The minimum atomic E-state index is -0.851. The van der Waals surface area contributed by atoms with E-state index >= 15 is 0 Å². The van der Waals surface area contributed by atoms with Crippen molar-refractivity contribution in [2.24, 2.45) is 5.16 Å². The molecule has 0 atom stereocenters. The van der Waals surface area contributed by atoms with Crippen molar-refractivity contribution in [1.29, 1.82) is 0 Å². The van der Waals surface area contributed by atoms with Crippen molar-refractivity contribution >= 4 is 17.8 Å². The Morgan fingerprint density at radius 3 is 2.71 bits per heavy atom. The van der Waals surface area contributed by atoms with Gasteiger partial charge in [0.25, 0.3) is 5.90 Å². The van der Waals surface area contributed by atoms with Crippen LogP contribution in [-0.2, 0) is 35.2 Å². The van der Waals surface area contributed by atoms with Crippen molar-refractivity contribution < 1.29 is 28.6 Å². The fourth-order valence-corrected chi connectivity index (χ4v) is 1.63. The van der Waals surface area contributed by atoms with Crippen molar-refractivity contribution in [1.82, 2.24) is 0 Å². The molecule has 1 aromatic rings. The Hall–Kier alpha value is -2.83. The Balaban J connectivity index is 2.19. The first kappa shape index (κ1) is 14.6. The summed E-state index contributed by atoms with van der Waals surface area (Å²) in [5, 5.41) is 3.74. The number of hydrogen-bond donors (Lipinski definition) is 0. The molecule has 0 unspecified atom stereocenters. The van der Waals surface area contributed by atoms with Crippen LogP contribution >= 0.6 is 0 Å². The number of nitrogens with zero attached hydrogens (tertiary/aromatic N) is 1. The second-order valence-corrected chi connectivity index (χ2v) is 3.96. The number of ether oxygens (including phenoxy) is 3. The number of rotatable bonds is 4. The van der Waals surface area contributed by atoms with Gasteiger partial charge >= 0.3 is 11.9 Å². The Morgan fingerprint density at radius 2 is 2.00 bits per heavy atom. The third-order valence-electron chi connectivity index (χ3n) is 2.68. The van der Waals surface area contributed by atoms with Crippen LogP contribution < -0.4 is 0 Å². The predicted octanol–water partition coefficient (Wildman–Crippen LogP) is 1.12. The van der Waals surface area contributed by atoms with Gasteiger partial charge in [-0.1, -0.05) is 18.2 Å². The molecule has 2 rings (SSSR count). The predicted molar refractivity (Wildman–Crippen MR) is 71.0 cm³/mol. The standard InChI is InChI=1S/C14H13NO6/c1-18-12(16)7-11(14(17)19-2)21-15-13-10-6-4-3-5-9(10)8-20-13/h3-7H,8H2,1-2H3/b11-7-,15-13-. The van der Waals surface area contributed by atoms with Crippen molar-refractivity contribution in [3.8, 4) is 0 Å². The summed E-state index contributed by atoms with van der Waals surface area (Å²) in [6.07, 6.45) is 0.844. The van der Waals surface area contributed by atoms with Gasteiger partial charge in [0.15, 0.2) is 0 Å². The first-order valence-corrected chi connectivity index (χ1v) is 5.99. The van der Waals surface area contributed by atoms with Gasteiger partial charge in [0, 0.05) is 11.1 Å². The minimum absolute atomic E-state index is 0.227. The summed E-state index contributed by atoms with van der Waals surface area (Å²) in [6, 6.07) is 7.41. The summed E-state index contributed by atoms with van der Waals surface area (Å²) in [5.41, 5.74) is 1.72. The molecule has 1 aromatic carbocycles. The lowest BCUT2D eigenvalue weighted by atomic mass is 10.1. The normalized spacial score (nSPS) is 15.1. The lowest BCUT2D eigenvalue weighted by Gasteiger charge is -2.03.